The SMILES string of the molecule is CN(C)C(CNC(=O)c1nc(-c2cnn3ccccc23)c(Cl)s1)C(F)(F)F. The summed E-state index contributed by atoms with van der Waals surface area (Å²) >= 11 is 7.12. The van der Waals surface area contributed by atoms with Crippen LogP contribution in [0.4, 0.5) is 13.2 Å². The molecular formula is C16H15ClF3N5OS. The molecule has 0 saturated heterocycles. The first-order valence-corrected chi connectivity index (χ1v) is 8.98. The molecule has 0 aliphatic heterocycles. The van der Waals surface area contributed by atoms with Crippen LogP contribution in [0.2, 0.25) is 4.34 Å². The minimum atomic E-state index is -4.46. The van der Waals surface area contributed by atoms with Crippen molar-refractivity contribution >= 4 is 34.4 Å². The van der Waals surface area contributed by atoms with E-state index in [2.05, 4.69) is 15.4 Å². The van der Waals surface area contributed by atoms with Gasteiger partial charge in [0.1, 0.15) is 16.1 Å². The van der Waals surface area contributed by atoms with Crippen LogP contribution >= 0.6 is 22.9 Å². The third kappa shape index (κ3) is 4.07. The summed E-state index contributed by atoms with van der Waals surface area (Å²) in [6.45, 7) is -0.585. The van der Waals surface area contributed by atoms with E-state index in [-0.39, 0.29) is 9.34 Å². The Morgan fingerprint density at radius 2 is 2.15 bits per heavy atom. The number of halogens is 4. The zero-order chi connectivity index (χ0) is 19.8. The van der Waals surface area contributed by atoms with E-state index in [0.29, 0.717) is 11.3 Å². The van der Waals surface area contributed by atoms with Gasteiger partial charge in [-0.1, -0.05) is 29.0 Å². The van der Waals surface area contributed by atoms with Gasteiger partial charge in [0.15, 0.2) is 5.01 Å². The van der Waals surface area contributed by atoms with Crippen LogP contribution in [-0.4, -0.2) is 58.3 Å². The molecule has 1 N–H and O–H groups in total. The van der Waals surface area contributed by atoms with Crippen molar-refractivity contribution in [2.24, 2.45) is 0 Å². The normalized spacial score (nSPS) is 13.3. The number of pyridine rings is 1. The van der Waals surface area contributed by atoms with Gasteiger partial charge in [0.2, 0.25) is 0 Å². The van der Waals surface area contributed by atoms with Gasteiger partial charge in [-0.05, 0) is 26.2 Å². The number of likely N-dealkylation sites (N-methyl/N-ethyl adjacent to an activating group) is 1. The van der Waals surface area contributed by atoms with E-state index < -0.39 is 24.7 Å². The molecule has 1 unspecified atom stereocenters. The second-order valence-corrected chi connectivity index (χ2v) is 7.56. The lowest BCUT2D eigenvalue weighted by Gasteiger charge is -2.26. The Hall–Kier alpha value is -2.17. The number of thiazole rings is 1. The summed E-state index contributed by atoms with van der Waals surface area (Å²) < 4.78 is 40.9. The number of fused-ring (bicyclic) bond motifs is 1. The number of alkyl halides is 3. The fourth-order valence-corrected chi connectivity index (χ4v) is 3.62. The smallest absolute Gasteiger partial charge is 0.348 e. The van der Waals surface area contributed by atoms with Gasteiger partial charge in [-0.15, -0.1) is 0 Å². The first kappa shape index (κ1) is 19.6. The first-order valence-electron chi connectivity index (χ1n) is 7.79. The number of hydrogen-bond donors (Lipinski definition) is 1. The Bertz CT molecular complexity index is 969. The Labute approximate surface area is 161 Å². The lowest BCUT2D eigenvalue weighted by atomic mass is 10.2. The van der Waals surface area contributed by atoms with Gasteiger partial charge in [0.05, 0.1) is 11.7 Å². The fraction of sp³-hybridized carbons (Fsp3) is 0.312. The Kier molecular flexibility index (Phi) is 5.41. The van der Waals surface area contributed by atoms with E-state index in [1.807, 2.05) is 18.2 Å². The third-order valence-corrected chi connectivity index (χ3v) is 5.17. The molecule has 0 spiro atoms. The Morgan fingerprint density at radius 1 is 1.41 bits per heavy atom. The Balaban J connectivity index is 1.81. The average molecular weight is 418 g/mol. The van der Waals surface area contributed by atoms with E-state index in [1.54, 1.807) is 16.9 Å². The molecule has 0 aliphatic rings. The topological polar surface area (TPSA) is 62.5 Å². The van der Waals surface area contributed by atoms with Crippen molar-refractivity contribution in [1.29, 1.82) is 0 Å². The molecule has 3 aromatic rings. The summed E-state index contributed by atoms with van der Waals surface area (Å²) in [6, 6.07) is 3.67. The third-order valence-electron chi connectivity index (χ3n) is 3.92. The lowest BCUT2D eigenvalue weighted by molar-refractivity contribution is -0.175. The lowest BCUT2D eigenvalue weighted by Crippen LogP contribution is -2.49. The van der Waals surface area contributed by atoms with E-state index in [1.165, 1.54) is 14.1 Å². The number of nitrogens with one attached hydrogen (secondary N) is 1. The van der Waals surface area contributed by atoms with Gasteiger partial charge >= 0.3 is 6.18 Å². The molecular weight excluding hydrogens is 403 g/mol. The highest BCUT2D eigenvalue weighted by Gasteiger charge is 2.41. The van der Waals surface area contributed by atoms with Crippen LogP contribution in [0.3, 0.4) is 0 Å². The van der Waals surface area contributed by atoms with Crippen molar-refractivity contribution < 1.29 is 18.0 Å². The number of carbonyl (C=O) groups excluding carboxylic acids is 1. The number of amides is 1. The number of carbonyl (C=O) groups is 1. The van der Waals surface area contributed by atoms with Gasteiger partial charge in [0, 0.05) is 18.3 Å². The maximum atomic E-state index is 13.0. The summed E-state index contributed by atoms with van der Waals surface area (Å²) in [5, 5.41) is 6.46. The molecule has 0 aromatic carbocycles. The standard InChI is InChI=1S/C16H15ClF3N5OS/c1-24(2)11(16(18,19)20)8-21-14(26)15-23-12(13(17)27-15)9-7-22-25-6-4-3-5-10(9)25/h3-7,11H,8H2,1-2H3,(H,21,26). The van der Waals surface area contributed by atoms with Crippen molar-refractivity contribution in [3.05, 3.63) is 39.9 Å². The fourth-order valence-electron chi connectivity index (χ4n) is 2.54. The van der Waals surface area contributed by atoms with E-state index in [0.717, 1.165) is 21.8 Å². The van der Waals surface area contributed by atoms with Gasteiger partial charge < -0.3 is 5.32 Å². The Morgan fingerprint density at radius 3 is 2.81 bits per heavy atom. The zero-order valence-corrected chi connectivity index (χ0v) is 15.9. The summed E-state index contributed by atoms with van der Waals surface area (Å²) in [6.07, 6.45) is -1.13. The predicted octanol–water partition coefficient (Wildman–Crippen LogP) is 3.33. The van der Waals surface area contributed by atoms with Crippen LogP contribution in [0.15, 0.2) is 30.6 Å². The number of nitrogens with zero attached hydrogens (tertiary/aromatic N) is 4. The summed E-state index contributed by atoms with van der Waals surface area (Å²) in [7, 11) is 2.60. The summed E-state index contributed by atoms with van der Waals surface area (Å²) in [5.74, 6) is -0.708. The van der Waals surface area contributed by atoms with Gasteiger partial charge in [-0.2, -0.15) is 18.3 Å². The van der Waals surface area contributed by atoms with Crippen LogP contribution < -0.4 is 5.32 Å². The minimum Gasteiger partial charge on any atom is -0.348 e. The van der Waals surface area contributed by atoms with Crippen LogP contribution in [-0.2, 0) is 0 Å². The molecule has 3 aromatic heterocycles. The van der Waals surface area contributed by atoms with E-state index in [4.69, 9.17) is 11.6 Å². The minimum absolute atomic E-state index is 0.00929. The molecule has 0 aliphatic carbocycles. The summed E-state index contributed by atoms with van der Waals surface area (Å²) in [4.78, 5) is 17.5. The van der Waals surface area contributed by atoms with Crippen molar-refractivity contribution in [2.45, 2.75) is 12.2 Å². The number of aromatic nitrogens is 3. The molecule has 6 nitrogen and oxygen atoms in total. The van der Waals surface area contributed by atoms with Crippen LogP contribution in [0.1, 0.15) is 9.80 Å². The largest absolute Gasteiger partial charge is 0.405 e. The average Bonchev–Trinajstić information content (AvgIpc) is 3.16. The van der Waals surface area contributed by atoms with E-state index >= 15 is 0 Å². The molecule has 0 radical (unpaired) electrons. The van der Waals surface area contributed by atoms with Crippen LogP contribution in [0.25, 0.3) is 16.8 Å². The molecule has 3 rings (SSSR count). The second-order valence-electron chi connectivity index (χ2n) is 5.96. The van der Waals surface area contributed by atoms with Gasteiger partial charge in [-0.3, -0.25) is 9.69 Å². The maximum Gasteiger partial charge on any atom is 0.405 e. The molecule has 1 atom stereocenters. The molecule has 0 saturated carbocycles. The van der Waals surface area contributed by atoms with Gasteiger partial charge in [-0.25, -0.2) is 9.50 Å². The first-order chi connectivity index (χ1) is 12.7. The summed E-state index contributed by atoms with van der Waals surface area (Å²) in [5.41, 5.74) is 1.76. The van der Waals surface area contributed by atoms with Crippen molar-refractivity contribution in [1.82, 2.24) is 24.8 Å². The van der Waals surface area contributed by atoms with Crippen molar-refractivity contribution in [2.75, 3.05) is 20.6 Å². The van der Waals surface area contributed by atoms with Crippen LogP contribution in [0.5, 0.6) is 0 Å². The molecule has 1 amide bonds. The number of rotatable bonds is 5. The van der Waals surface area contributed by atoms with Crippen molar-refractivity contribution in [3.63, 3.8) is 0 Å². The van der Waals surface area contributed by atoms with Gasteiger partial charge in [0.25, 0.3) is 5.91 Å². The highest BCUT2D eigenvalue weighted by molar-refractivity contribution is 7.18. The molecule has 0 fully saturated rings. The second kappa shape index (κ2) is 7.45. The van der Waals surface area contributed by atoms with Crippen molar-refractivity contribution in [3.8, 4) is 11.3 Å². The van der Waals surface area contributed by atoms with E-state index in [9.17, 15) is 18.0 Å². The highest BCUT2D eigenvalue weighted by Crippen LogP contribution is 2.34. The monoisotopic (exact) mass is 417 g/mol. The highest BCUT2D eigenvalue weighted by atomic mass is 35.5. The molecule has 11 heteroatoms. The molecule has 144 valence electrons. The zero-order valence-electron chi connectivity index (χ0n) is 14.3. The number of hydrogen-bond acceptors (Lipinski definition) is 5. The molecule has 0 bridgehead atoms. The molecule has 27 heavy (non-hydrogen) atoms. The maximum absolute atomic E-state index is 13.0. The molecule has 3 heterocycles. The van der Waals surface area contributed by atoms with Crippen LogP contribution in [0, 0.1) is 0 Å². The quantitative estimate of drug-likeness (QED) is 0.691. The predicted molar refractivity (Wildman–Crippen MR) is 97.2 cm³/mol.